The van der Waals surface area contributed by atoms with E-state index >= 15 is 0 Å². The predicted octanol–water partition coefficient (Wildman–Crippen LogP) is 2.65. The van der Waals surface area contributed by atoms with E-state index in [1.807, 2.05) is 32.9 Å². The summed E-state index contributed by atoms with van der Waals surface area (Å²) >= 11 is 3.38. The van der Waals surface area contributed by atoms with Crippen molar-refractivity contribution in [2.75, 3.05) is 5.32 Å². The van der Waals surface area contributed by atoms with Gasteiger partial charge in [0.05, 0.1) is 10.4 Å². The number of benzene rings is 1. The first-order chi connectivity index (χ1) is 8.30. The average Bonchev–Trinajstić information content (AvgIpc) is 2.55. The van der Waals surface area contributed by atoms with Crippen LogP contribution in [-0.4, -0.2) is 20.6 Å². The molecule has 0 spiro atoms. The van der Waals surface area contributed by atoms with Crippen LogP contribution in [-0.2, 0) is 15.8 Å². The number of fused-ring (bicyclic) bond motifs is 1. The van der Waals surface area contributed by atoms with E-state index in [0.717, 1.165) is 4.47 Å². The molecule has 6 heteroatoms. The van der Waals surface area contributed by atoms with Crippen molar-refractivity contribution in [2.45, 2.75) is 25.5 Å². The van der Waals surface area contributed by atoms with E-state index in [1.165, 1.54) is 0 Å². The molecule has 4 nitrogen and oxygen atoms in total. The van der Waals surface area contributed by atoms with Crippen LogP contribution in [0.2, 0.25) is 0 Å². The Balaban J connectivity index is 2.52. The van der Waals surface area contributed by atoms with Gasteiger partial charge in [0.1, 0.15) is 16.7 Å². The second kappa shape index (κ2) is 4.59. The summed E-state index contributed by atoms with van der Waals surface area (Å²) < 4.78 is 16.4. The number of nitrogens with one attached hydrogen (secondary N) is 1. The molecule has 96 valence electrons. The maximum Gasteiger partial charge on any atom is 0.275 e. The zero-order chi connectivity index (χ0) is 13.5. The molecule has 0 unspecified atom stereocenters. The van der Waals surface area contributed by atoms with Crippen molar-refractivity contribution in [1.82, 2.24) is 0 Å². The average molecular weight is 329 g/mol. The molecule has 1 heterocycles. The van der Waals surface area contributed by atoms with E-state index < -0.39 is 15.7 Å². The quantitative estimate of drug-likeness (QED) is 0.861. The molecule has 0 radical (unpaired) electrons. The van der Waals surface area contributed by atoms with Crippen LogP contribution in [0.25, 0.3) is 0 Å². The van der Waals surface area contributed by atoms with Gasteiger partial charge in [0.15, 0.2) is 0 Å². The largest absolute Gasteiger partial charge is 0.320 e. The van der Waals surface area contributed by atoms with Gasteiger partial charge in [-0.15, -0.1) is 0 Å². The summed E-state index contributed by atoms with van der Waals surface area (Å²) in [5, 5.41) is 2.71. The van der Waals surface area contributed by atoms with Gasteiger partial charge in [-0.05, 0) is 32.9 Å². The fourth-order valence-corrected chi connectivity index (χ4v) is 2.64. The van der Waals surface area contributed by atoms with E-state index in [2.05, 4.69) is 25.6 Å². The fourth-order valence-electron chi connectivity index (χ4n) is 1.47. The highest BCUT2D eigenvalue weighted by molar-refractivity contribution is 9.10. The zero-order valence-corrected chi connectivity index (χ0v) is 12.7. The molecular weight excluding hydrogens is 316 g/mol. The van der Waals surface area contributed by atoms with Crippen LogP contribution in [0.5, 0.6) is 0 Å². The van der Waals surface area contributed by atoms with Crippen molar-refractivity contribution in [3.05, 3.63) is 28.2 Å². The van der Waals surface area contributed by atoms with Crippen LogP contribution in [0.4, 0.5) is 5.69 Å². The third-order valence-electron chi connectivity index (χ3n) is 2.41. The van der Waals surface area contributed by atoms with Crippen LogP contribution < -0.4 is 5.32 Å². The van der Waals surface area contributed by atoms with Gasteiger partial charge >= 0.3 is 0 Å². The van der Waals surface area contributed by atoms with Gasteiger partial charge in [0, 0.05) is 10.0 Å². The number of carbonyl (C=O) groups excluding carboxylic acids is 1. The minimum Gasteiger partial charge on any atom is -0.320 e. The van der Waals surface area contributed by atoms with Crippen LogP contribution in [0.15, 0.2) is 27.1 Å². The molecule has 0 saturated heterocycles. The lowest BCUT2D eigenvalue weighted by Gasteiger charge is -2.13. The number of carbonyl (C=O) groups is 1. The minimum atomic E-state index is -1.46. The fraction of sp³-hybridized carbons (Fsp3) is 0.333. The van der Waals surface area contributed by atoms with Gasteiger partial charge < -0.3 is 5.32 Å². The lowest BCUT2D eigenvalue weighted by molar-refractivity contribution is -0.110. The van der Waals surface area contributed by atoms with Crippen LogP contribution in [0, 0.1) is 0 Å². The van der Waals surface area contributed by atoms with E-state index in [9.17, 15) is 9.00 Å². The van der Waals surface area contributed by atoms with Gasteiger partial charge in [-0.25, -0.2) is 4.21 Å². The Kier molecular flexibility index (Phi) is 3.42. The monoisotopic (exact) mass is 328 g/mol. The van der Waals surface area contributed by atoms with E-state index in [1.54, 1.807) is 6.07 Å². The SMILES string of the molecule is CC(C)(C)[S@](=O)N=C1C(=O)Nc2cccc(Br)c21. The van der Waals surface area contributed by atoms with Gasteiger partial charge in [-0.1, -0.05) is 22.0 Å². The number of amides is 1. The summed E-state index contributed by atoms with van der Waals surface area (Å²) in [5.41, 5.74) is 1.60. The van der Waals surface area contributed by atoms with E-state index in [-0.39, 0.29) is 11.6 Å². The van der Waals surface area contributed by atoms with Gasteiger partial charge in [0.2, 0.25) is 0 Å². The number of hydrogen-bond donors (Lipinski definition) is 1. The highest BCUT2D eigenvalue weighted by Crippen LogP contribution is 2.31. The number of halogens is 1. The van der Waals surface area contributed by atoms with Crippen molar-refractivity contribution < 1.29 is 9.00 Å². The van der Waals surface area contributed by atoms with E-state index in [4.69, 9.17) is 0 Å². The lowest BCUT2D eigenvalue weighted by Crippen LogP contribution is -2.23. The third kappa shape index (κ3) is 2.40. The standard InChI is InChI=1S/C12H13BrN2O2S/c1-12(2,3)18(17)15-10-9-7(13)5-4-6-8(9)14-11(10)16/h4-6H,1-3H3,(H,14,15,16)/t18-/m0/s1. The number of rotatable bonds is 1. The molecular formula is C12H13BrN2O2S. The second-order valence-electron chi connectivity index (χ2n) is 4.92. The number of nitrogens with zero attached hydrogens (tertiary/aromatic N) is 1. The summed E-state index contributed by atoms with van der Waals surface area (Å²) in [7, 11) is -1.46. The first kappa shape index (κ1) is 13.4. The number of anilines is 1. The normalized spacial score (nSPS) is 18.7. The maximum atomic E-state index is 12.0. The van der Waals surface area contributed by atoms with Gasteiger partial charge in [-0.3, -0.25) is 4.79 Å². The Morgan fingerprint density at radius 1 is 1.33 bits per heavy atom. The molecule has 1 N–H and O–H groups in total. The molecule has 2 rings (SSSR count). The molecule has 0 fully saturated rings. The zero-order valence-electron chi connectivity index (χ0n) is 10.3. The van der Waals surface area contributed by atoms with Crippen LogP contribution in [0.3, 0.4) is 0 Å². The highest BCUT2D eigenvalue weighted by atomic mass is 79.9. The van der Waals surface area contributed by atoms with Crippen molar-refractivity contribution in [2.24, 2.45) is 4.40 Å². The Morgan fingerprint density at radius 2 is 2.00 bits per heavy atom. The minimum absolute atomic E-state index is 0.228. The van der Waals surface area contributed by atoms with Gasteiger partial charge in [-0.2, -0.15) is 4.40 Å². The molecule has 1 atom stereocenters. The van der Waals surface area contributed by atoms with Crippen LogP contribution >= 0.6 is 15.9 Å². The first-order valence-corrected chi connectivity index (χ1v) is 7.31. The molecule has 1 aromatic carbocycles. The predicted molar refractivity (Wildman–Crippen MR) is 77.2 cm³/mol. The molecule has 1 aliphatic rings. The molecule has 18 heavy (non-hydrogen) atoms. The molecule has 0 aromatic heterocycles. The third-order valence-corrected chi connectivity index (χ3v) is 4.47. The summed E-state index contributed by atoms with van der Waals surface area (Å²) in [6, 6.07) is 5.45. The Morgan fingerprint density at radius 3 is 2.61 bits per heavy atom. The van der Waals surface area contributed by atoms with Crippen molar-refractivity contribution in [3.8, 4) is 0 Å². The molecule has 1 aliphatic heterocycles. The summed E-state index contributed by atoms with van der Waals surface area (Å²) in [6.45, 7) is 5.46. The Labute approximate surface area is 117 Å². The van der Waals surface area contributed by atoms with E-state index in [0.29, 0.717) is 11.3 Å². The summed E-state index contributed by atoms with van der Waals surface area (Å²) in [4.78, 5) is 11.8. The molecule has 1 amide bonds. The topological polar surface area (TPSA) is 58.5 Å². The van der Waals surface area contributed by atoms with Crippen molar-refractivity contribution in [1.29, 1.82) is 0 Å². The molecule has 0 aliphatic carbocycles. The molecule has 0 saturated carbocycles. The van der Waals surface area contributed by atoms with Crippen LogP contribution in [0.1, 0.15) is 26.3 Å². The molecule has 1 aromatic rings. The van der Waals surface area contributed by atoms with Gasteiger partial charge in [0.25, 0.3) is 5.91 Å². The lowest BCUT2D eigenvalue weighted by atomic mass is 10.1. The smallest absolute Gasteiger partial charge is 0.275 e. The molecule has 0 bridgehead atoms. The second-order valence-corrected chi connectivity index (χ2v) is 7.68. The summed E-state index contributed by atoms with van der Waals surface area (Å²) in [5.74, 6) is -0.311. The summed E-state index contributed by atoms with van der Waals surface area (Å²) in [6.07, 6.45) is 0. The highest BCUT2D eigenvalue weighted by Gasteiger charge is 2.30. The first-order valence-electron chi connectivity index (χ1n) is 5.41. The van der Waals surface area contributed by atoms with Crippen molar-refractivity contribution in [3.63, 3.8) is 0 Å². The number of hydrogen-bond acceptors (Lipinski definition) is 2. The Bertz CT molecular complexity index is 576. The maximum absolute atomic E-state index is 12.0. The van der Waals surface area contributed by atoms with Crippen molar-refractivity contribution >= 4 is 44.2 Å². The Hall–Kier alpha value is -1.01.